The number of ketones is 3. The summed E-state index contributed by atoms with van der Waals surface area (Å²) >= 11 is 0. The highest BCUT2D eigenvalue weighted by Crippen LogP contribution is 2.64. The largest absolute Gasteiger partial charge is 0.508 e. The zero-order valence-corrected chi connectivity index (χ0v) is 30.5. The number of aromatic hydroxyl groups is 1. The van der Waals surface area contributed by atoms with Gasteiger partial charge in [-0.3, -0.25) is 28.9 Å². The number of fused-ring (bicyclic) bond motifs is 4. The number of phenols is 1. The van der Waals surface area contributed by atoms with Crippen molar-refractivity contribution >= 4 is 40.4 Å². The molecule has 5 aromatic carbocycles. The van der Waals surface area contributed by atoms with E-state index in [0.29, 0.717) is 44.8 Å². The molecule has 4 aliphatic rings. The van der Waals surface area contributed by atoms with Gasteiger partial charge in [-0.15, -0.1) is 0 Å². The van der Waals surface area contributed by atoms with Gasteiger partial charge in [0.1, 0.15) is 11.5 Å². The van der Waals surface area contributed by atoms with Gasteiger partial charge in [0.25, 0.3) is 0 Å². The summed E-state index contributed by atoms with van der Waals surface area (Å²) in [6.07, 6.45) is 3.88. The highest BCUT2D eigenvalue weighted by atomic mass is 16.5. The van der Waals surface area contributed by atoms with E-state index in [9.17, 15) is 19.5 Å². The van der Waals surface area contributed by atoms with Crippen LogP contribution in [-0.2, 0) is 24.6 Å². The van der Waals surface area contributed by atoms with Gasteiger partial charge in [0.2, 0.25) is 11.8 Å². The highest BCUT2D eigenvalue weighted by molar-refractivity contribution is 6.32. The number of methoxy groups -OCH3 is 1. The first-order valence-corrected chi connectivity index (χ1v) is 18.8. The van der Waals surface area contributed by atoms with Gasteiger partial charge in [-0.05, 0) is 66.3 Å². The Balaban J connectivity index is 1.19. The van der Waals surface area contributed by atoms with Crippen LogP contribution in [0.2, 0.25) is 0 Å². The molecule has 3 aliphatic carbocycles. The minimum Gasteiger partial charge on any atom is -0.508 e. The number of imide groups is 1. The Hall–Kier alpha value is -6.67. The van der Waals surface area contributed by atoms with E-state index < -0.39 is 35.0 Å². The van der Waals surface area contributed by atoms with Crippen LogP contribution in [0.5, 0.6) is 11.5 Å². The third-order valence-electron chi connectivity index (χ3n) is 12.3. The molecular formula is C48H37NO7. The Morgan fingerprint density at radius 3 is 2.07 bits per heavy atom. The van der Waals surface area contributed by atoms with Crippen molar-refractivity contribution in [2.75, 3.05) is 12.0 Å². The Morgan fingerprint density at radius 1 is 0.750 bits per heavy atom. The van der Waals surface area contributed by atoms with Gasteiger partial charge in [0.05, 0.1) is 30.0 Å². The summed E-state index contributed by atoms with van der Waals surface area (Å²) < 4.78 is 5.87. The summed E-state index contributed by atoms with van der Waals surface area (Å²) in [6.45, 7) is 0. The van der Waals surface area contributed by atoms with Gasteiger partial charge < -0.3 is 9.84 Å². The van der Waals surface area contributed by atoms with Crippen LogP contribution < -0.4 is 9.64 Å². The van der Waals surface area contributed by atoms with Crippen LogP contribution in [0, 0.1) is 23.7 Å². The third kappa shape index (κ3) is 5.23. The molecule has 0 aromatic heterocycles. The van der Waals surface area contributed by atoms with E-state index in [1.807, 2.05) is 72.8 Å². The lowest BCUT2D eigenvalue weighted by molar-refractivity contribution is -0.135. The zero-order chi connectivity index (χ0) is 38.7. The maximum absolute atomic E-state index is 15.3. The Bertz CT molecular complexity index is 2490. The molecular weight excluding hydrogens is 703 g/mol. The molecule has 0 radical (unpaired) electrons. The van der Waals surface area contributed by atoms with Gasteiger partial charge in [-0.2, -0.15) is 0 Å². The molecule has 1 aliphatic heterocycles. The van der Waals surface area contributed by atoms with Crippen molar-refractivity contribution in [1.82, 2.24) is 0 Å². The number of allylic oxidation sites excluding steroid dienone is 4. The molecule has 1 saturated carbocycles. The first-order chi connectivity index (χ1) is 27.2. The van der Waals surface area contributed by atoms with E-state index in [1.165, 1.54) is 24.2 Å². The van der Waals surface area contributed by atoms with Crippen LogP contribution in [-0.4, -0.2) is 41.4 Å². The van der Waals surface area contributed by atoms with E-state index >= 15 is 9.59 Å². The molecule has 2 fully saturated rings. The van der Waals surface area contributed by atoms with Crippen molar-refractivity contribution < 1.29 is 33.8 Å². The molecule has 1 heterocycles. The topological polar surface area (TPSA) is 118 Å². The van der Waals surface area contributed by atoms with Crippen LogP contribution in [0.4, 0.5) is 5.69 Å². The van der Waals surface area contributed by atoms with Gasteiger partial charge in [0.15, 0.2) is 17.3 Å². The van der Waals surface area contributed by atoms with Crippen LogP contribution >= 0.6 is 0 Å². The number of rotatable bonds is 7. The lowest BCUT2D eigenvalue weighted by Crippen LogP contribution is -2.58. The van der Waals surface area contributed by atoms with Crippen molar-refractivity contribution in [2.24, 2.45) is 23.7 Å². The fourth-order valence-electron chi connectivity index (χ4n) is 9.93. The minimum absolute atomic E-state index is 0.0260. The Kier molecular flexibility index (Phi) is 8.49. The van der Waals surface area contributed by atoms with Gasteiger partial charge in [0, 0.05) is 40.2 Å². The number of hydrogen-bond acceptors (Lipinski definition) is 7. The standard InChI is InChI=1S/C48H37NO7/c1-56-40-25-33(50)21-22-35(40)43-34-23-24-36-42(47(55)49(46(36)54)32-19-17-30(18-20-32)44(52)29-13-7-3-8-14-29)38(34)26-39-45(53)37(28-11-5-2-6-12-28)27-41(51)48(39,43)31-15-9-4-10-16-31/h2-23,25,27,36,38-39,42-43,50H,24,26H2,1H3. The van der Waals surface area contributed by atoms with E-state index in [4.69, 9.17) is 4.74 Å². The summed E-state index contributed by atoms with van der Waals surface area (Å²) in [5.41, 5.74) is 2.88. The van der Waals surface area contributed by atoms with Crippen molar-refractivity contribution in [1.29, 1.82) is 0 Å². The highest BCUT2D eigenvalue weighted by Gasteiger charge is 2.66. The van der Waals surface area contributed by atoms with Gasteiger partial charge in [-0.1, -0.05) is 109 Å². The number of amides is 2. The average Bonchev–Trinajstić information content (AvgIpc) is 3.50. The average molecular weight is 740 g/mol. The van der Waals surface area contributed by atoms with Crippen molar-refractivity contribution in [3.63, 3.8) is 0 Å². The molecule has 8 nitrogen and oxygen atoms in total. The second-order valence-corrected chi connectivity index (χ2v) is 15.0. The van der Waals surface area contributed by atoms with Gasteiger partial charge in [-0.25, -0.2) is 0 Å². The molecule has 1 N–H and O–H groups in total. The number of phenolic OH excluding ortho intramolecular Hbond substituents is 1. The first kappa shape index (κ1) is 35.1. The molecule has 8 heteroatoms. The molecule has 0 bridgehead atoms. The molecule has 276 valence electrons. The summed E-state index contributed by atoms with van der Waals surface area (Å²) in [5, 5.41) is 10.6. The smallest absolute Gasteiger partial charge is 0.238 e. The number of nitrogens with zero attached hydrogens (tertiary/aromatic N) is 1. The molecule has 0 spiro atoms. The Labute approximate surface area is 323 Å². The normalized spacial score (nSPS) is 25.4. The molecule has 1 saturated heterocycles. The summed E-state index contributed by atoms with van der Waals surface area (Å²) in [6, 6.07) is 38.6. The van der Waals surface area contributed by atoms with Gasteiger partial charge >= 0.3 is 0 Å². The fraction of sp³-hybridized carbons (Fsp3) is 0.188. The fourth-order valence-corrected chi connectivity index (χ4v) is 9.93. The second kappa shape index (κ2) is 13.6. The number of carbonyl (C=O) groups excluding carboxylic acids is 5. The molecule has 2 amide bonds. The number of ether oxygens (including phenoxy) is 1. The zero-order valence-electron chi connectivity index (χ0n) is 30.5. The Morgan fingerprint density at radius 2 is 1.39 bits per heavy atom. The monoisotopic (exact) mass is 739 g/mol. The number of anilines is 1. The van der Waals surface area contributed by atoms with E-state index in [1.54, 1.807) is 60.7 Å². The van der Waals surface area contributed by atoms with Crippen molar-refractivity contribution in [3.8, 4) is 11.5 Å². The van der Waals surface area contributed by atoms with Crippen LogP contribution in [0.3, 0.4) is 0 Å². The molecule has 6 unspecified atom stereocenters. The van der Waals surface area contributed by atoms with E-state index in [2.05, 4.69) is 0 Å². The number of hydrogen-bond donors (Lipinski definition) is 1. The number of benzene rings is 5. The molecule has 9 rings (SSSR count). The number of carbonyl (C=O) groups is 5. The second-order valence-electron chi connectivity index (χ2n) is 15.0. The molecule has 56 heavy (non-hydrogen) atoms. The third-order valence-corrected chi connectivity index (χ3v) is 12.3. The van der Waals surface area contributed by atoms with E-state index in [-0.39, 0.29) is 47.8 Å². The lowest BCUT2D eigenvalue weighted by Gasteiger charge is -2.55. The van der Waals surface area contributed by atoms with E-state index in [0.717, 1.165) is 5.57 Å². The van der Waals surface area contributed by atoms with Crippen LogP contribution in [0.25, 0.3) is 5.57 Å². The summed E-state index contributed by atoms with van der Waals surface area (Å²) in [7, 11) is 1.49. The molecule has 5 aromatic rings. The minimum atomic E-state index is -1.43. The first-order valence-electron chi connectivity index (χ1n) is 18.8. The SMILES string of the molecule is COc1cc(O)ccc1C1C2=CCC3C(=O)N(c4ccc(C(=O)c5ccccc5)cc4)C(=O)C3C2CC2C(=O)C(c3ccccc3)=CC(=O)C21c1ccccc1. The molecule has 6 atom stereocenters. The maximum Gasteiger partial charge on any atom is 0.238 e. The predicted molar refractivity (Wildman–Crippen MR) is 210 cm³/mol. The van der Waals surface area contributed by atoms with Crippen molar-refractivity contribution in [2.45, 2.75) is 24.2 Å². The summed E-state index contributed by atoms with van der Waals surface area (Å²) in [5.74, 6) is -4.80. The van der Waals surface area contributed by atoms with Crippen molar-refractivity contribution in [3.05, 3.63) is 179 Å². The van der Waals surface area contributed by atoms with Crippen LogP contribution in [0.1, 0.15) is 51.4 Å². The lowest BCUT2D eigenvalue weighted by atomic mass is 9.44. The predicted octanol–water partition coefficient (Wildman–Crippen LogP) is 7.66. The summed E-state index contributed by atoms with van der Waals surface area (Å²) in [4.78, 5) is 73.9. The van der Waals surface area contributed by atoms with Crippen LogP contribution in [0.15, 0.2) is 151 Å². The maximum atomic E-state index is 15.3. The number of Topliss-reactive ketones (excluding diaryl/α,β-unsaturated/α-hetero) is 1. The quantitative estimate of drug-likeness (QED) is 0.104.